The molecule has 2 aliphatic carbocycles. The van der Waals surface area contributed by atoms with E-state index in [0.29, 0.717) is 6.42 Å². The molecule has 92 valence electrons. The Labute approximate surface area is 98.4 Å². The van der Waals surface area contributed by atoms with Crippen molar-refractivity contribution in [1.29, 1.82) is 0 Å². The van der Waals surface area contributed by atoms with Crippen LogP contribution in [0.2, 0.25) is 0 Å². The van der Waals surface area contributed by atoms with Crippen LogP contribution in [0.15, 0.2) is 0 Å². The quantitative estimate of drug-likeness (QED) is 0.747. The Hall–Kier alpha value is -0.570. The third-order valence-corrected chi connectivity index (χ3v) is 3.31. The Morgan fingerprint density at radius 3 is 1.94 bits per heavy atom. The van der Waals surface area contributed by atoms with Gasteiger partial charge in [0.25, 0.3) is 0 Å². The van der Waals surface area contributed by atoms with Gasteiger partial charge in [-0.1, -0.05) is 0 Å². The molecule has 2 aliphatic rings. The molecule has 0 aromatic heterocycles. The van der Waals surface area contributed by atoms with E-state index < -0.39 is 0 Å². The van der Waals surface area contributed by atoms with Crippen molar-refractivity contribution in [2.75, 3.05) is 13.1 Å². The number of hydrogen-bond acceptors (Lipinski definition) is 2. The van der Waals surface area contributed by atoms with Crippen LogP contribution in [0.25, 0.3) is 0 Å². The van der Waals surface area contributed by atoms with Crippen LogP contribution >= 0.6 is 0 Å². The van der Waals surface area contributed by atoms with E-state index in [-0.39, 0.29) is 11.4 Å². The molecule has 0 saturated heterocycles. The van der Waals surface area contributed by atoms with Crippen LogP contribution in [0.5, 0.6) is 0 Å². The summed E-state index contributed by atoms with van der Waals surface area (Å²) in [5, 5.41) is 0. The van der Waals surface area contributed by atoms with Gasteiger partial charge in [0.2, 0.25) is 5.91 Å². The number of amides is 1. The lowest BCUT2D eigenvalue weighted by Gasteiger charge is -2.26. The fourth-order valence-electron chi connectivity index (χ4n) is 2.00. The van der Waals surface area contributed by atoms with Crippen LogP contribution in [-0.4, -0.2) is 29.4 Å². The largest absolute Gasteiger partial charge is 0.342 e. The first-order valence-corrected chi connectivity index (χ1v) is 6.51. The minimum absolute atomic E-state index is 0.256. The number of nitrogens with two attached hydrogens (primary N) is 1. The van der Waals surface area contributed by atoms with Gasteiger partial charge in [-0.15, -0.1) is 0 Å². The Balaban J connectivity index is 1.84. The van der Waals surface area contributed by atoms with E-state index in [0.717, 1.165) is 24.9 Å². The Morgan fingerprint density at radius 1 is 1.19 bits per heavy atom. The van der Waals surface area contributed by atoms with Gasteiger partial charge in [-0.25, -0.2) is 0 Å². The average molecular weight is 224 g/mol. The van der Waals surface area contributed by atoms with Gasteiger partial charge >= 0.3 is 0 Å². The summed E-state index contributed by atoms with van der Waals surface area (Å²) in [6.07, 6.45) is 5.70. The fraction of sp³-hybridized carbons (Fsp3) is 0.923. The van der Waals surface area contributed by atoms with Gasteiger partial charge in [-0.3, -0.25) is 4.79 Å². The van der Waals surface area contributed by atoms with Crippen molar-refractivity contribution in [2.24, 2.45) is 17.6 Å². The second-order valence-corrected chi connectivity index (χ2v) is 6.35. The van der Waals surface area contributed by atoms with Crippen LogP contribution in [0.1, 0.15) is 46.0 Å². The van der Waals surface area contributed by atoms with Crippen molar-refractivity contribution in [2.45, 2.75) is 51.5 Å². The Morgan fingerprint density at radius 2 is 1.62 bits per heavy atom. The lowest BCUT2D eigenvalue weighted by Crippen LogP contribution is -2.42. The topological polar surface area (TPSA) is 46.3 Å². The van der Waals surface area contributed by atoms with Crippen LogP contribution in [0.3, 0.4) is 0 Å². The average Bonchev–Trinajstić information content (AvgIpc) is 2.92. The molecule has 2 N–H and O–H groups in total. The number of hydrogen-bond donors (Lipinski definition) is 1. The van der Waals surface area contributed by atoms with Gasteiger partial charge in [-0.05, 0) is 51.4 Å². The van der Waals surface area contributed by atoms with Crippen molar-refractivity contribution < 1.29 is 4.79 Å². The predicted molar refractivity (Wildman–Crippen MR) is 64.9 cm³/mol. The molecule has 3 nitrogen and oxygen atoms in total. The van der Waals surface area contributed by atoms with Gasteiger partial charge in [0.1, 0.15) is 0 Å². The van der Waals surface area contributed by atoms with E-state index in [2.05, 4.69) is 4.90 Å². The van der Waals surface area contributed by atoms with Crippen LogP contribution in [0, 0.1) is 11.8 Å². The zero-order chi connectivity index (χ0) is 11.8. The molecule has 0 atom stereocenters. The van der Waals surface area contributed by atoms with E-state index in [1.165, 1.54) is 25.7 Å². The monoisotopic (exact) mass is 224 g/mol. The first-order chi connectivity index (χ1) is 7.44. The number of rotatable bonds is 6. The molecule has 2 rings (SSSR count). The van der Waals surface area contributed by atoms with Gasteiger partial charge in [-0.2, -0.15) is 0 Å². The number of nitrogens with zero attached hydrogens (tertiary/aromatic N) is 1. The molecule has 0 radical (unpaired) electrons. The van der Waals surface area contributed by atoms with Crippen LogP contribution < -0.4 is 5.73 Å². The molecular formula is C13H24N2O. The minimum atomic E-state index is -0.373. The smallest absolute Gasteiger partial charge is 0.224 e. The van der Waals surface area contributed by atoms with Crippen molar-refractivity contribution in [1.82, 2.24) is 4.90 Å². The SMILES string of the molecule is CC(C)(N)CC(=O)N(CC1CC1)CC1CC1. The highest BCUT2D eigenvalue weighted by molar-refractivity contribution is 5.77. The van der Waals surface area contributed by atoms with E-state index in [4.69, 9.17) is 5.73 Å². The van der Waals surface area contributed by atoms with Crippen molar-refractivity contribution in [3.05, 3.63) is 0 Å². The maximum Gasteiger partial charge on any atom is 0.224 e. The van der Waals surface area contributed by atoms with Gasteiger partial charge in [0, 0.05) is 25.0 Å². The zero-order valence-electron chi connectivity index (χ0n) is 10.5. The predicted octanol–water partition coefficient (Wildman–Crippen LogP) is 1.76. The summed E-state index contributed by atoms with van der Waals surface area (Å²) in [6, 6.07) is 0. The summed E-state index contributed by atoms with van der Waals surface area (Å²) < 4.78 is 0. The summed E-state index contributed by atoms with van der Waals surface area (Å²) in [5.41, 5.74) is 5.55. The van der Waals surface area contributed by atoms with Crippen molar-refractivity contribution in [3.8, 4) is 0 Å². The van der Waals surface area contributed by atoms with Crippen molar-refractivity contribution in [3.63, 3.8) is 0 Å². The zero-order valence-corrected chi connectivity index (χ0v) is 10.5. The molecule has 2 saturated carbocycles. The molecule has 0 bridgehead atoms. The highest BCUT2D eigenvalue weighted by atomic mass is 16.2. The highest BCUT2D eigenvalue weighted by Crippen LogP contribution is 2.34. The third kappa shape index (κ3) is 4.12. The molecule has 0 spiro atoms. The minimum Gasteiger partial charge on any atom is -0.342 e. The molecule has 0 aromatic rings. The first-order valence-electron chi connectivity index (χ1n) is 6.51. The Bertz CT molecular complexity index is 248. The van der Waals surface area contributed by atoms with Gasteiger partial charge in [0.05, 0.1) is 0 Å². The molecular weight excluding hydrogens is 200 g/mol. The molecule has 0 aliphatic heterocycles. The second kappa shape index (κ2) is 4.36. The van der Waals surface area contributed by atoms with E-state index in [9.17, 15) is 4.79 Å². The normalized spacial score (nSPS) is 20.9. The van der Waals surface area contributed by atoms with Crippen molar-refractivity contribution >= 4 is 5.91 Å². The summed E-state index contributed by atoms with van der Waals surface area (Å²) in [5.74, 6) is 1.82. The number of carbonyl (C=O) groups excluding carboxylic acids is 1. The van der Waals surface area contributed by atoms with Crippen LogP contribution in [0.4, 0.5) is 0 Å². The molecule has 0 heterocycles. The number of carbonyl (C=O) groups is 1. The molecule has 0 unspecified atom stereocenters. The molecule has 1 amide bonds. The van der Waals surface area contributed by atoms with Crippen LogP contribution in [-0.2, 0) is 4.79 Å². The summed E-state index contributed by atoms with van der Waals surface area (Å²) in [6.45, 7) is 5.81. The fourth-order valence-corrected chi connectivity index (χ4v) is 2.00. The van der Waals surface area contributed by atoms with E-state index >= 15 is 0 Å². The lowest BCUT2D eigenvalue weighted by atomic mass is 10.0. The second-order valence-electron chi connectivity index (χ2n) is 6.35. The maximum absolute atomic E-state index is 12.1. The highest BCUT2D eigenvalue weighted by Gasteiger charge is 2.32. The van der Waals surface area contributed by atoms with Gasteiger partial charge in [0.15, 0.2) is 0 Å². The van der Waals surface area contributed by atoms with E-state index in [1.54, 1.807) is 0 Å². The van der Waals surface area contributed by atoms with Gasteiger partial charge < -0.3 is 10.6 Å². The molecule has 2 fully saturated rings. The standard InChI is InChI=1S/C13H24N2O/c1-13(2,14)7-12(16)15(8-10-3-4-10)9-11-5-6-11/h10-11H,3-9,14H2,1-2H3. The summed E-state index contributed by atoms with van der Waals surface area (Å²) in [7, 11) is 0. The molecule has 3 heteroatoms. The molecule has 0 aromatic carbocycles. The maximum atomic E-state index is 12.1. The third-order valence-electron chi connectivity index (χ3n) is 3.31. The first kappa shape index (κ1) is 11.9. The summed E-state index contributed by atoms with van der Waals surface area (Å²) >= 11 is 0. The van der Waals surface area contributed by atoms with E-state index in [1.807, 2.05) is 13.8 Å². The Kier molecular flexibility index (Phi) is 3.24. The summed E-state index contributed by atoms with van der Waals surface area (Å²) in [4.78, 5) is 14.2. The lowest BCUT2D eigenvalue weighted by molar-refractivity contribution is -0.132. The molecule has 16 heavy (non-hydrogen) atoms.